The zero-order valence-electron chi connectivity index (χ0n) is 15.1. The van der Waals surface area contributed by atoms with Crippen LogP contribution in [0.2, 0.25) is 5.02 Å². The standard InChI is InChI=1S/C18H20ClFN2O4S/c1-4-15(18(23)21-12-9-10-17(26-2)13(19)11-12)22(27(3,24)25)16-8-6-5-7-14(16)20/h5-11,15H,4H2,1-3H3,(H,21,23). The van der Waals surface area contributed by atoms with Gasteiger partial charge < -0.3 is 10.1 Å². The van der Waals surface area contributed by atoms with Crippen LogP contribution < -0.4 is 14.4 Å². The molecule has 146 valence electrons. The summed E-state index contributed by atoms with van der Waals surface area (Å²) in [6.45, 7) is 1.64. The lowest BCUT2D eigenvalue weighted by molar-refractivity contribution is -0.117. The molecule has 0 aliphatic rings. The fourth-order valence-corrected chi connectivity index (χ4v) is 4.11. The lowest BCUT2D eigenvalue weighted by Crippen LogP contribution is -2.47. The van der Waals surface area contributed by atoms with Crippen molar-refractivity contribution in [3.8, 4) is 5.75 Å². The number of para-hydroxylation sites is 1. The zero-order valence-corrected chi connectivity index (χ0v) is 16.6. The minimum atomic E-state index is -3.92. The van der Waals surface area contributed by atoms with E-state index in [9.17, 15) is 17.6 Å². The third-order valence-corrected chi connectivity index (χ3v) is 5.30. The largest absolute Gasteiger partial charge is 0.495 e. The first-order chi connectivity index (χ1) is 12.7. The van der Waals surface area contributed by atoms with Crippen molar-refractivity contribution in [3.05, 3.63) is 53.3 Å². The number of benzene rings is 2. The van der Waals surface area contributed by atoms with Crippen molar-refractivity contribution in [1.29, 1.82) is 0 Å². The van der Waals surface area contributed by atoms with Crippen LogP contribution >= 0.6 is 11.6 Å². The average Bonchev–Trinajstić information content (AvgIpc) is 2.59. The number of nitrogens with zero attached hydrogens (tertiary/aromatic N) is 1. The van der Waals surface area contributed by atoms with Gasteiger partial charge in [-0.1, -0.05) is 30.7 Å². The highest BCUT2D eigenvalue weighted by molar-refractivity contribution is 7.92. The number of hydrogen-bond donors (Lipinski definition) is 1. The highest BCUT2D eigenvalue weighted by Crippen LogP contribution is 2.29. The maximum absolute atomic E-state index is 14.2. The van der Waals surface area contributed by atoms with E-state index in [-0.39, 0.29) is 17.1 Å². The molecule has 9 heteroatoms. The first-order valence-electron chi connectivity index (χ1n) is 8.07. The molecule has 27 heavy (non-hydrogen) atoms. The summed E-state index contributed by atoms with van der Waals surface area (Å²) in [6.07, 6.45) is 1.07. The molecule has 0 aromatic heterocycles. The zero-order chi connectivity index (χ0) is 20.2. The molecule has 6 nitrogen and oxygen atoms in total. The van der Waals surface area contributed by atoms with Crippen LogP contribution in [0.4, 0.5) is 15.8 Å². The van der Waals surface area contributed by atoms with Gasteiger partial charge in [0.1, 0.15) is 17.6 Å². The summed E-state index contributed by atoms with van der Waals surface area (Å²) < 4.78 is 44.7. The van der Waals surface area contributed by atoms with Gasteiger partial charge >= 0.3 is 0 Å². The maximum Gasteiger partial charge on any atom is 0.248 e. The molecule has 0 fully saturated rings. The molecule has 2 rings (SSSR count). The molecule has 2 aromatic carbocycles. The highest BCUT2D eigenvalue weighted by Gasteiger charge is 2.33. The number of carbonyl (C=O) groups excluding carboxylic acids is 1. The summed E-state index contributed by atoms with van der Waals surface area (Å²) in [4.78, 5) is 12.8. The Kier molecular flexibility index (Phi) is 6.67. The average molecular weight is 415 g/mol. The SMILES string of the molecule is CCC(C(=O)Nc1ccc(OC)c(Cl)c1)N(c1ccccc1F)S(C)(=O)=O. The Morgan fingerprint density at radius 3 is 2.48 bits per heavy atom. The van der Waals surface area contributed by atoms with Gasteiger partial charge in [0.05, 0.1) is 24.1 Å². The Bertz CT molecular complexity index is 937. The van der Waals surface area contributed by atoms with E-state index in [1.165, 1.54) is 31.4 Å². The molecular weight excluding hydrogens is 395 g/mol. The quantitative estimate of drug-likeness (QED) is 0.750. The molecule has 2 aromatic rings. The Morgan fingerprint density at radius 1 is 1.30 bits per heavy atom. The van der Waals surface area contributed by atoms with E-state index in [2.05, 4.69) is 5.32 Å². The van der Waals surface area contributed by atoms with Gasteiger partial charge in [0, 0.05) is 5.69 Å². The molecule has 1 N–H and O–H groups in total. The fourth-order valence-electron chi connectivity index (χ4n) is 2.64. The lowest BCUT2D eigenvalue weighted by Gasteiger charge is -2.30. The van der Waals surface area contributed by atoms with E-state index >= 15 is 0 Å². The number of anilines is 2. The molecule has 0 heterocycles. The summed E-state index contributed by atoms with van der Waals surface area (Å²) >= 11 is 6.05. The summed E-state index contributed by atoms with van der Waals surface area (Å²) in [5.41, 5.74) is 0.181. The topological polar surface area (TPSA) is 75.7 Å². The van der Waals surface area contributed by atoms with Gasteiger partial charge in [-0.05, 0) is 36.8 Å². The summed E-state index contributed by atoms with van der Waals surface area (Å²) in [5, 5.41) is 2.91. The van der Waals surface area contributed by atoms with E-state index < -0.39 is 27.8 Å². The van der Waals surface area contributed by atoms with Crippen molar-refractivity contribution < 1.29 is 22.3 Å². The molecule has 1 amide bonds. The molecule has 1 unspecified atom stereocenters. The predicted molar refractivity (Wildman–Crippen MR) is 104 cm³/mol. The number of amides is 1. The Balaban J connectivity index is 2.38. The number of rotatable bonds is 7. The van der Waals surface area contributed by atoms with Crippen LogP contribution in [0.25, 0.3) is 0 Å². The van der Waals surface area contributed by atoms with Crippen LogP contribution in [0.5, 0.6) is 5.75 Å². The number of halogens is 2. The molecule has 0 bridgehead atoms. The third kappa shape index (κ3) is 4.90. The number of ether oxygens (including phenoxy) is 1. The van der Waals surface area contributed by atoms with Gasteiger partial charge in [0.2, 0.25) is 15.9 Å². The van der Waals surface area contributed by atoms with Gasteiger partial charge in [0.15, 0.2) is 0 Å². The van der Waals surface area contributed by atoms with Gasteiger partial charge in [-0.25, -0.2) is 12.8 Å². The molecule has 0 spiro atoms. The second-order valence-corrected chi connectivity index (χ2v) is 8.04. The van der Waals surface area contributed by atoms with Crippen LogP contribution in [-0.4, -0.2) is 33.7 Å². The Labute approximate surface area is 162 Å². The van der Waals surface area contributed by atoms with E-state index in [1.807, 2.05) is 0 Å². The van der Waals surface area contributed by atoms with Gasteiger partial charge in [-0.3, -0.25) is 9.10 Å². The fraction of sp³-hybridized carbons (Fsp3) is 0.278. The Morgan fingerprint density at radius 2 is 1.96 bits per heavy atom. The van der Waals surface area contributed by atoms with Crippen LogP contribution in [0.3, 0.4) is 0 Å². The first kappa shape index (κ1) is 21.0. The first-order valence-corrected chi connectivity index (χ1v) is 10.3. The highest BCUT2D eigenvalue weighted by atomic mass is 35.5. The summed E-state index contributed by atoms with van der Waals surface area (Å²) in [5.74, 6) is -0.903. The number of methoxy groups -OCH3 is 1. The van der Waals surface area contributed by atoms with Crippen LogP contribution in [-0.2, 0) is 14.8 Å². The predicted octanol–water partition coefficient (Wildman–Crippen LogP) is 3.67. The van der Waals surface area contributed by atoms with E-state index in [4.69, 9.17) is 16.3 Å². The molecular formula is C18H20ClFN2O4S. The smallest absolute Gasteiger partial charge is 0.248 e. The molecule has 0 saturated carbocycles. The number of hydrogen-bond acceptors (Lipinski definition) is 4. The molecule has 0 saturated heterocycles. The minimum Gasteiger partial charge on any atom is -0.495 e. The molecule has 0 aliphatic heterocycles. The molecule has 1 atom stereocenters. The monoisotopic (exact) mass is 414 g/mol. The normalized spacial score (nSPS) is 12.3. The van der Waals surface area contributed by atoms with E-state index in [0.717, 1.165) is 16.6 Å². The number of nitrogens with one attached hydrogen (secondary N) is 1. The maximum atomic E-state index is 14.2. The van der Waals surface area contributed by atoms with Crippen molar-refractivity contribution in [2.75, 3.05) is 23.0 Å². The molecule has 0 aliphatic carbocycles. The van der Waals surface area contributed by atoms with Crippen LogP contribution in [0.15, 0.2) is 42.5 Å². The summed E-state index contributed by atoms with van der Waals surface area (Å²) in [6, 6.07) is 8.90. The molecule has 0 radical (unpaired) electrons. The second kappa shape index (κ2) is 8.58. The summed E-state index contributed by atoms with van der Waals surface area (Å²) in [7, 11) is -2.46. The van der Waals surface area contributed by atoms with Crippen molar-refractivity contribution in [2.45, 2.75) is 19.4 Å². The number of sulfonamides is 1. The lowest BCUT2D eigenvalue weighted by atomic mass is 10.1. The number of carbonyl (C=O) groups is 1. The third-order valence-electron chi connectivity index (χ3n) is 3.84. The van der Waals surface area contributed by atoms with Crippen LogP contribution in [0, 0.1) is 5.82 Å². The van der Waals surface area contributed by atoms with E-state index in [0.29, 0.717) is 11.4 Å². The van der Waals surface area contributed by atoms with Crippen molar-refractivity contribution >= 4 is 38.9 Å². The second-order valence-electron chi connectivity index (χ2n) is 5.77. The van der Waals surface area contributed by atoms with Gasteiger partial charge in [0.25, 0.3) is 0 Å². The minimum absolute atomic E-state index is 0.136. The van der Waals surface area contributed by atoms with Gasteiger partial charge in [-0.15, -0.1) is 0 Å². The van der Waals surface area contributed by atoms with Crippen molar-refractivity contribution in [1.82, 2.24) is 0 Å². The van der Waals surface area contributed by atoms with Crippen molar-refractivity contribution in [2.24, 2.45) is 0 Å². The van der Waals surface area contributed by atoms with Crippen LogP contribution in [0.1, 0.15) is 13.3 Å². The Hall–Kier alpha value is -2.32. The van der Waals surface area contributed by atoms with Gasteiger partial charge in [-0.2, -0.15) is 0 Å². The van der Waals surface area contributed by atoms with Crippen molar-refractivity contribution in [3.63, 3.8) is 0 Å². The van der Waals surface area contributed by atoms with E-state index in [1.54, 1.807) is 19.1 Å².